The number of alkyl halides is 1. The number of allylic oxidation sites excluding steroid dienone is 1. The minimum atomic E-state index is -0.503. The number of ether oxygens (including phenoxy) is 2. The van der Waals surface area contributed by atoms with Crippen molar-refractivity contribution in [2.24, 2.45) is 0 Å². The van der Waals surface area contributed by atoms with Gasteiger partial charge < -0.3 is 24.1 Å². The highest BCUT2D eigenvalue weighted by atomic mass is 79.9. The third kappa shape index (κ3) is 4.31. The van der Waals surface area contributed by atoms with Crippen molar-refractivity contribution in [1.82, 2.24) is 0 Å². The maximum absolute atomic E-state index is 13.3. The Hall–Kier alpha value is -2.93. The van der Waals surface area contributed by atoms with Crippen LogP contribution in [0.5, 0.6) is 23.0 Å². The maximum Gasteiger partial charge on any atom is 0.239 e. The van der Waals surface area contributed by atoms with Gasteiger partial charge in [-0.1, -0.05) is 21.5 Å². The lowest BCUT2D eigenvalue weighted by atomic mass is 10.0. The third-order valence-corrected chi connectivity index (χ3v) is 4.98. The molecule has 2 N–H and O–H groups in total. The second kappa shape index (κ2) is 9.26. The fourth-order valence-electron chi connectivity index (χ4n) is 3.15. The number of hydrogen-bond acceptors (Lipinski definition) is 6. The normalized spacial score (nSPS) is 10.9. The molecule has 0 aliphatic rings. The molecule has 3 aromatic rings. The average molecular weight is 475 g/mol. The summed E-state index contributed by atoms with van der Waals surface area (Å²) in [5.41, 5.74) is 1.59. The van der Waals surface area contributed by atoms with Gasteiger partial charge in [-0.05, 0) is 44.0 Å². The summed E-state index contributed by atoms with van der Waals surface area (Å²) >= 11 is 3.29. The number of methoxy groups -OCH3 is 1. The SMILES string of the molecule is C=C(C)CCc1c(O)cc(O)c2c(=O)c(OCCBr)c(-c3ccc(OC)cc3)oc12. The first kappa shape index (κ1) is 21.8. The zero-order valence-corrected chi connectivity index (χ0v) is 18.4. The van der Waals surface area contributed by atoms with Gasteiger partial charge >= 0.3 is 0 Å². The molecule has 2 aromatic carbocycles. The van der Waals surface area contributed by atoms with E-state index in [-0.39, 0.29) is 40.6 Å². The van der Waals surface area contributed by atoms with Crippen molar-refractivity contribution in [2.75, 3.05) is 19.0 Å². The molecule has 0 radical (unpaired) electrons. The van der Waals surface area contributed by atoms with E-state index in [1.807, 2.05) is 6.92 Å². The summed E-state index contributed by atoms with van der Waals surface area (Å²) in [5.74, 6) is 0.374. The molecule has 0 saturated carbocycles. The molecule has 0 spiro atoms. The van der Waals surface area contributed by atoms with Crippen LogP contribution < -0.4 is 14.9 Å². The molecule has 1 aromatic heterocycles. The van der Waals surface area contributed by atoms with Crippen molar-refractivity contribution in [3.8, 4) is 34.3 Å². The van der Waals surface area contributed by atoms with Crippen LogP contribution in [0.1, 0.15) is 18.9 Å². The molecule has 0 unspecified atom stereocenters. The van der Waals surface area contributed by atoms with Gasteiger partial charge in [0.2, 0.25) is 11.2 Å². The summed E-state index contributed by atoms with van der Waals surface area (Å²) in [5, 5.41) is 21.3. The molecule has 0 amide bonds. The highest BCUT2D eigenvalue weighted by Gasteiger charge is 2.24. The van der Waals surface area contributed by atoms with Crippen LogP contribution in [0.15, 0.2) is 51.7 Å². The van der Waals surface area contributed by atoms with E-state index in [2.05, 4.69) is 22.5 Å². The smallest absolute Gasteiger partial charge is 0.239 e. The van der Waals surface area contributed by atoms with Crippen LogP contribution in [0.2, 0.25) is 0 Å². The van der Waals surface area contributed by atoms with Gasteiger partial charge in [0.1, 0.15) is 28.2 Å². The fourth-order valence-corrected chi connectivity index (χ4v) is 3.32. The predicted octanol–water partition coefficient (Wildman–Crippen LogP) is 5.16. The van der Waals surface area contributed by atoms with Gasteiger partial charge in [-0.15, -0.1) is 6.58 Å². The van der Waals surface area contributed by atoms with Crippen LogP contribution in [0.25, 0.3) is 22.3 Å². The Kier molecular flexibility index (Phi) is 6.72. The quantitative estimate of drug-likeness (QED) is 0.346. The summed E-state index contributed by atoms with van der Waals surface area (Å²) in [6.45, 7) is 6.00. The average Bonchev–Trinajstić information content (AvgIpc) is 2.72. The summed E-state index contributed by atoms with van der Waals surface area (Å²) < 4.78 is 17.0. The zero-order valence-electron chi connectivity index (χ0n) is 16.8. The van der Waals surface area contributed by atoms with Gasteiger partial charge in [-0.2, -0.15) is 0 Å². The molecule has 7 heteroatoms. The Morgan fingerprint density at radius 1 is 1.20 bits per heavy atom. The number of halogens is 1. The molecule has 0 aliphatic heterocycles. The van der Waals surface area contributed by atoms with Crippen LogP contribution in [-0.2, 0) is 6.42 Å². The minimum absolute atomic E-state index is 0.000965. The van der Waals surface area contributed by atoms with Gasteiger partial charge in [0, 0.05) is 22.5 Å². The second-order valence-electron chi connectivity index (χ2n) is 6.91. The number of hydrogen-bond donors (Lipinski definition) is 2. The number of aromatic hydroxyl groups is 2. The second-order valence-corrected chi connectivity index (χ2v) is 7.70. The van der Waals surface area contributed by atoms with Crippen LogP contribution in [-0.4, -0.2) is 29.3 Å². The largest absolute Gasteiger partial charge is 0.507 e. The van der Waals surface area contributed by atoms with Crippen molar-refractivity contribution in [1.29, 1.82) is 0 Å². The molecular formula is C23H23BrO6. The molecule has 6 nitrogen and oxygen atoms in total. The lowest BCUT2D eigenvalue weighted by molar-refractivity contribution is 0.334. The van der Waals surface area contributed by atoms with Gasteiger partial charge in [0.15, 0.2) is 5.76 Å². The molecule has 3 rings (SSSR count). The van der Waals surface area contributed by atoms with Crippen LogP contribution in [0, 0.1) is 0 Å². The molecule has 0 bridgehead atoms. The van der Waals surface area contributed by atoms with E-state index in [9.17, 15) is 15.0 Å². The Bertz CT molecular complexity index is 1130. The van der Waals surface area contributed by atoms with Gasteiger partial charge in [0.25, 0.3) is 0 Å². The first-order valence-electron chi connectivity index (χ1n) is 9.39. The molecule has 0 saturated heterocycles. The topological polar surface area (TPSA) is 89.1 Å². The molecular weight excluding hydrogens is 452 g/mol. The number of phenolic OH excluding ortho intramolecular Hbond substituents is 2. The fraction of sp³-hybridized carbons (Fsp3) is 0.261. The molecule has 1 heterocycles. The summed E-state index contributed by atoms with van der Waals surface area (Å²) in [7, 11) is 1.56. The maximum atomic E-state index is 13.3. The monoisotopic (exact) mass is 474 g/mol. The zero-order chi connectivity index (χ0) is 21.8. The highest BCUT2D eigenvalue weighted by molar-refractivity contribution is 9.09. The standard InChI is InChI=1S/C23H23BrO6/c1-13(2)4-9-16-17(25)12-18(26)19-20(27)23(29-11-10-24)21(30-22(16)19)14-5-7-15(28-3)8-6-14/h5-8,12,25-26H,1,4,9-11H2,2-3H3. The van der Waals surface area contributed by atoms with Crippen molar-refractivity contribution in [2.45, 2.75) is 19.8 Å². The van der Waals surface area contributed by atoms with Crippen molar-refractivity contribution in [3.05, 3.63) is 58.3 Å². The van der Waals surface area contributed by atoms with Crippen molar-refractivity contribution >= 4 is 26.9 Å². The first-order valence-corrected chi connectivity index (χ1v) is 10.5. The number of rotatable bonds is 8. The van der Waals surface area contributed by atoms with E-state index in [0.29, 0.717) is 35.0 Å². The number of benzene rings is 2. The van der Waals surface area contributed by atoms with Gasteiger partial charge in [-0.3, -0.25) is 4.79 Å². The lowest BCUT2D eigenvalue weighted by Gasteiger charge is -2.15. The molecule has 0 aliphatic carbocycles. The Morgan fingerprint density at radius 2 is 1.90 bits per heavy atom. The van der Waals surface area contributed by atoms with Crippen LogP contribution >= 0.6 is 15.9 Å². The molecule has 30 heavy (non-hydrogen) atoms. The summed E-state index contributed by atoms with van der Waals surface area (Å²) in [4.78, 5) is 13.3. The Labute approximate surface area is 182 Å². The molecule has 0 fully saturated rings. The third-order valence-electron chi connectivity index (χ3n) is 4.66. The minimum Gasteiger partial charge on any atom is -0.507 e. The summed E-state index contributed by atoms with van der Waals surface area (Å²) in [6, 6.07) is 8.15. The van der Waals surface area contributed by atoms with E-state index >= 15 is 0 Å². The number of phenols is 2. The first-order chi connectivity index (χ1) is 14.4. The highest BCUT2D eigenvalue weighted by Crippen LogP contribution is 2.39. The van der Waals surface area contributed by atoms with Crippen LogP contribution in [0.3, 0.4) is 0 Å². The van der Waals surface area contributed by atoms with E-state index in [1.54, 1.807) is 31.4 Å². The lowest BCUT2D eigenvalue weighted by Crippen LogP contribution is -2.12. The Balaban J connectivity index is 2.32. The van der Waals surface area contributed by atoms with E-state index in [0.717, 1.165) is 11.6 Å². The van der Waals surface area contributed by atoms with Gasteiger partial charge in [0.05, 0.1) is 13.7 Å². The van der Waals surface area contributed by atoms with Crippen molar-refractivity contribution in [3.63, 3.8) is 0 Å². The van der Waals surface area contributed by atoms with E-state index < -0.39 is 5.43 Å². The molecule has 158 valence electrons. The van der Waals surface area contributed by atoms with Crippen LogP contribution in [0.4, 0.5) is 0 Å². The summed E-state index contributed by atoms with van der Waals surface area (Å²) in [6.07, 6.45) is 1.00. The van der Waals surface area contributed by atoms with E-state index in [1.165, 1.54) is 0 Å². The van der Waals surface area contributed by atoms with E-state index in [4.69, 9.17) is 13.9 Å². The number of aryl methyl sites for hydroxylation is 1. The van der Waals surface area contributed by atoms with Crippen molar-refractivity contribution < 1.29 is 24.1 Å². The number of fused-ring (bicyclic) bond motifs is 1. The Morgan fingerprint density at radius 3 is 2.50 bits per heavy atom. The predicted molar refractivity (Wildman–Crippen MR) is 120 cm³/mol. The molecule has 0 atom stereocenters. The van der Waals surface area contributed by atoms with Gasteiger partial charge in [-0.25, -0.2) is 0 Å².